The van der Waals surface area contributed by atoms with Crippen LogP contribution in [0.25, 0.3) is 22.0 Å². The van der Waals surface area contributed by atoms with E-state index in [1.165, 1.54) is 12.1 Å². The van der Waals surface area contributed by atoms with Gasteiger partial charge in [0.25, 0.3) is 5.56 Å². The van der Waals surface area contributed by atoms with Crippen molar-refractivity contribution in [2.24, 2.45) is 0 Å². The fraction of sp³-hybridized carbons (Fsp3) is 0.167. The number of hydrogen-bond acceptors (Lipinski definition) is 5. The van der Waals surface area contributed by atoms with Gasteiger partial charge in [-0.2, -0.15) is 0 Å². The number of fused-ring (bicyclic) bond motifs is 1. The lowest BCUT2D eigenvalue weighted by Gasteiger charge is -2.14. The molecule has 0 fully saturated rings. The number of ether oxygens (including phenoxy) is 1. The Kier molecular flexibility index (Phi) is 6.76. The molecule has 0 aliphatic heterocycles. The molecule has 1 atom stereocenters. The van der Waals surface area contributed by atoms with Crippen molar-refractivity contribution in [1.82, 2.24) is 15.0 Å². The topological polar surface area (TPSA) is 94.3 Å². The first-order chi connectivity index (χ1) is 15.9. The number of rotatable bonds is 8. The van der Waals surface area contributed by atoms with Crippen molar-refractivity contribution in [2.45, 2.75) is 25.7 Å². The second-order valence-corrected chi connectivity index (χ2v) is 7.85. The summed E-state index contributed by atoms with van der Waals surface area (Å²) in [5, 5.41) is 17.9. The zero-order valence-electron chi connectivity index (χ0n) is 17.3. The summed E-state index contributed by atoms with van der Waals surface area (Å²) < 4.78 is 20.1. The minimum atomic E-state index is -1.15. The molecule has 3 aromatic carbocycles. The molecule has 0 aliphatic carbocycles. The van der Waals surface area contributed by atoms with E-state index in [1.807, 2.05) is 48.5 Å². The lowest BCUT2D eigenvalue weighted by molar-refractivity contribution is -0.151. The summed E-state index contributed by atoms with van der Waals surface area (Å²) in [7, 11) is 0. The zero-order valence-corrected chi connectivity index (χ0v) is 18.1. The van der Waals surface area contributed by atoms with Gasteiger partial charge in [0, 0.05) is 18.0 Å². The van der Waals surface area contributed by atoms with Crippen LogP contribution in [0.1, 0.15) is 12.0 Å². The number of hydrogen-bond donors (Lipinski definition) is 1. The number of carboxylic acid groups (broad SMARTS) is 1. The molecule has 1 heterocycles. The minimum Gasteiger partial charge on any atom is -0.479 e. The smallest absolute Gasteiger partial charge is 0.332 e. The van der Waals surface area contributed by atoms with Crippen molar-refractivity contribution in [3.63, 3.8) is 0 Å². The summed E-state index contributed by atoms with van der Waals surface area (Å²) in [6.45, 7) is 0.0477. The highest BCUT2D eigenvalue weighted by atomic mass is 35.5. The van der Waals surface area contributed by atoms with Crippen LogP contribution in [0.3, 0.4) is 0 Å². The van der Waals surface area contributed by atoms with E-state index >= 15 is 0 Å². The fourth-order valence-corrected chi connectivity index (χ4v) is 3.47. The Morgan fingerprint density at radius 3 is 2.39 bits per heavy atom. The van der Waals surface area contributed by atoms with Crippen LogP contribution in [-0.2, 0) is 22.7 Å². The number of carbonyl (C=O) groups is 1. The SMILES string of the molecule is O=C(O)C(CCn1nnc2ccc(F)cc2c1=O)OCc1ccc(-c2ccc(Cl)cc2)cc1. The number of benzene rings is 3. The molecular weight excluding hydrogens is 449 g/mol. The van der Waals surface area contributed by atoms with Gasteiger partial charge in [-0.1, -0.05) is 53.2 Å². The van der Waals surface area contributed by atoms with Gasteiger partial charge in [0.15, 0.2) is 6.10 Å². The molecule has 0 radical (unpaired) electrons. The van der Waals surface area contributed by atoms with E-state index in [0.717, 1.165) is 27.4 Å². The Bertz CT molecular complexity index is 1340. The summed E-state index contributed by atoms with van der Waals surface area (Å²) >= 11 is 5.92. The molecule has 0 saturated heterocycles. The van der Waals surface area contributed by atoms with Gasteiger partial charge in [0.1, 0.15) is 11.3 Å². The number of aliphatic carboxylic acids is 1. The summed E-state index contributed by atoms with van der Waals surface area (Å²) in [6.07, 6.45) is -1.16. The second-order valence-electron chi connectivity index (χ2n) is 7.41. The third-order valence-electron chi connectivity index (χ3n) is 5.15. The number of carboxylic acids is 1. The van der Waals surface area contributed by atoms with Crippen LogP contribution in [0.4, 0.5) is 4.39 Å². The Morgan fingerprint density at radius 2 is 1.73 bits per heavy atom. The number of halogens is 2. The molecule has 7 nitrogen and oxygen atoms in total. The van der Waals surface area contributed by atoms with E-state index < -0.39 is 23.4 Å². The van der Waals surface area contributed by atoms with Gasteiger partial charge in [0.05, 0.1) is 12.0 Å². The molecule has 9 heteroatoms. The Morgan fingerprint density at radius 1 is 1.06 bits per heavy atom. The third kappa shape index (κ3) is 5.42. The van der Waals surface area contributed by atoms with Crippen molar-refractivity contribution in [1.29, 1.82) is 0 Å². The standard InChI is InChI=1S/C24H19ClFN3O4/c25-18-7-5-17(6-8-18)16-3-1-15(2-4-16)14-33-22(24(31)32)11-12-29-23(30)20-13-19(26)9-10-21(20)27-28-29/h1-10,13,22H,11-12,14H2,(H,31,32). The molecule has 168 valence electrons. The molecule has 4 aromatic rings. The van der Waals surface area contributed by atoms with Crippen LogP contribution in [0.2, 0.25) is 5.02 Å². The maximum Gasteiger partial charge on any atom is 0.332 e. The third-order valence-corrected chi connectivity index (χ3v) is 5.40. The molecule has 1 unspecified atom stereocenters. The highest BCUT2D eigenvalue weighted by molar-refractivity contribution is 6.30. The van der Waals surface area contributed by atoms with Gasteiger partial charge >= 0.3 is 5.97 Å². The van der Waals surface area contributed by atoms with Crippen molar-refractivity contribution in [3.05, 3.63) is 93.5 Å². The van der Waals surface area contributed by atoms with E-state index in [1.54, 1.807) is 0 Å². The van der Waals surface area contributed by atoms with Crippen LogP contribution >= 0.6 is 11.6 Å². The molecular formula is C24H19ClFN3O4. The fourth-order valence-electron chi connectivity index (χ4n) is 3.35. The lowest BCUT2D eigenvalue weighted by Crippen LogP contribution is -2.30. The number of aryl methyl sites for hydroxylation is 1. The highest BCUT2D eigenvalue weighted by Gasteiger charge is 2.19. The molecule has 33 heavy (non-hydrogen) atoms. The van der Waals surface area contributed by atoms with E-state index in [0.29, 0.717) is 5.02 Å². The van der Waals surface area contributed by atoms with Gasteiger partial charge in [-0.3, -0.25) is 4.79 Å². The highest BCUT2D eigenvalue weighted by Crippen LogP contribution is 2.22. The maximum absolute atomic E-state index is 13.5. The van der Waals surface area contributed by atoms with Gasteiger partial charge in [-0.05, 0) is 47.0 Å². The summed E-state index contributed by atoms with van der Waals surface area (Å²) in [4.78, 5) is 24.1. The number of aromatic nitrogens is 3. The van der Waals surface area contributed by atoms with Crippen molar-refractivity contribution >= 4 is 28.5 Å². The Balaban J connectivity index is 1.40. The van der Waals surface area contributed by atoms with E-state index in [9.17, 15) is 19.1 Å². The minimum absolute atomic E-state index is 0.00635. The normalized spacial score (nSPS) is 12.1. The Hall–Kier alpha value is -3.62. The molecule has 0 spiro atoms. The summed E-state index contributed by atoms with van der Waals surface area (Å²) in [5.41, 5.74) is 2.54. The van der Waals surface area contributed by atoms with Crippen LogP contribution in [0.5, 0.6) is 0 Å². The molecule has 0 aliphatic rings. The predicted molar refractivity (Wildman–Crippen MR) is 121 cm³/mol. The van der Waals surface area contributed by atoms with E-state index in [2.05, 4.69) is 10.3 Å². The predicted octanol–water partition coefficient (Wildman–Crippen LogP) is 4.31. The molecule has 0 amide bonds. The quantitative estimate of drug-likeness (QED) is 0.415. The zero-order chi connectivity index (χ0) is 23.4. The molecule has 0 saturated carbocycles. The van der Waals surface area contributed by atoms with Crippen LogP contribution in [-0.4, -0.2) is 32.2 Å². The first-order valence-corrected chi connectivity index (χ1v) is 10.5. The summed E-state index contributed by atoms with van der Waals surface area (Å²) in [6, 6.07) is 18.7. The average Bonchev–Trinajstić information content (AvgIpc) is 2.81. The Labute approximate surface area is 193 Å². The molecule has 1 N–H and O–H groups in total. The summed E-state index contributed by atoms with van der Waals surface area (Å²) in [5.74, 6) is -1.71. The lowest BCUT2D eigenvalue weighted by atomic mass is 10.0. The van der Waals surface area contributed by atoms with Gasteiger partial charge < -0.3 is 9.84 Å². The average molecular weight is 468 g/mol. The van der Waals surface area contributed by atoms with Crippen molar-refractivity contribution in [3.8, 4) is 11.1 Å². The van der Waals surface area contributed by atoms with Crippen LogP contribution < -0.4 is 5.56 Å². The van der Waals surface area contributed by atoms with Gasteiger partial charge in [-0.15, -0.1) is 5.10 Å². The molecule has 4 rings (SSSR count). The second kappa shape index (κ2) is 9.89. The maximum atomic E-state index is 13.5. The van der Waals surface area contributed by atoms with Crippen LogP contribution in [0, 0.1) is 5.82 Å². The molecule has 0 bridgehead atoms. The monoisotopic (exact) mass is 467 g/mol. The van der Waals surface area contributed by atoms with Crippen molar-refractivity contribution in [2.75, 3.05) is 0 Å². The molecule has 1 aromatic heterocycles. The van der Waals surface area contributed by atoms with Crippen molar-refractivity contribution < 1.29 is 19.0 Å². The van der Waals surface area contributed by atoms with E-state index in [4.69, 9.17) is 16.3 Å². The van der Waals surface area contributed by atoms with E-state index in [-0.39, 0.29) is 30.5 Å². The van der Waals surface area contributed by atoms with Gasteiger partial charge in [0.2, 0.25) is 0 Å². The number of nitrogens with zero attached hydrogens (tertiary/aromatic N) is 3. The van der Waals surface area contributed by atoms with Gasteiger partial charge in [-0.25, -0.2) is 13.9 Å². The first kappa shape index (κ1) is 22.6. The largest absolute Gasteiger partial charge is 0.479 e. The van der Waals surface area contributed by atoms with Crippen LogP contribution in [0.15, 0.2) is 71.5 Å². The first-order valence-electron chi connectivity index (χ1n) is 10.1.